The maximum Gasteiger partial charge on any atom is 0.247 e. The second-order valence-electron chi connectivity index (χ2n) is 2.66. The van der Waals surface area contributed by atoms with E-state index in [1.165, 1.54) is 6.07 Å². The van der Waals surface area contributed by atoms with Crippen molar-refractivity contribution in [2.75, 3.05) is 0 Å². The zero-order valence-electron chi connectivity index (χ0n) is 6.90. The zero-order valence-corrected chi connectivity index (χ0v) is 6.90. The molecule has 0 saturated heterocycles. The van der Waals surface area contributed by atoms with E-state index in [1.807, 2.05) is 18.2 Å². The summed E-state index contributed by atoms with van der Waals surface area (Å²) in [6.45, 7) is 0. The number of aromatic nitrogens is 2. The van der Waals surface area contributed by atoms with Gasteiger partial charge in [-0.15, -0.1) is 0 Å². The van der Waals surface area contributed by atoms with Crippen LogP contribution in [0.5, 0.6) is 0 Å². The van der Waals surface area contributed by atoms with Gasteiger partial charge < -0.3 is 4.98 Å². The molecule has 2 aromatic rings. The van der Waals surface area contributed by atoms with Gasteiger partial charge in [0.05, 0.1) is 5.69 Å². The molecule has 2 rings (SSSR count). The van der Waals surface area contributed by atoms with E-state index in [2.05, 4.69) is 9.97 Å². The largest absolute Gasteiger partial charge is 0.328 e. The van der Waals surface area contributed by atoms with Crippen LogP contribution in [-0.2, 0) is 0 Å². The monoisotopic (exact) mass is 175 g/mol. The van der Waals surface area contributed by atoms with Crippen LogP contribution in [0.3, 0.4) is 0 Å². The molecule has 66 valence electrons. The van der Waals surface area contributed by atoms with Crippen LogP contribution < -0.4 is 5.56 Å². The van der Waals surface area contributed by atoms with Crippen molar-refractivity contribution in [2.45, 2.75) is 0 Å². The van der Waals surface area contributed by atoms with Gasteiger partial charge in [0.2, 0.25) is 5.56 Å². The molecule has 3 heteroatoms. The van der Waals surface area contributed by atoms with Crippen molar-refractivity contribution in [1.29, 1.82) is 0 Å². The van der Waals surface area contributed by atoms with Gasteiger partial charge in [-0.3, -0.25) is 9.78 Å². The lowest BCUT2D eigenvalue weighted by Gasteiger charge is -1.97. The minimum atomic E-state index is -0.0975. The van der Waals surface area contributed by atoms with Crippen LogP contribution in [-0.4, -0.2) is 9.97 Å². The first-order valence-electron chi connectivity index (χ1n) is 3.96. The second kappa shape index (κ2) is 3.23. The third-order valence-corrected chi connectivity index (χ3v) is 1.74. The number of nitrogens with zero attached hydrogens (tertiary/aromatic N) is 1. The molecule has 0 spiro atoms. The Hall–Kier alpha value is -1.90. The van der Waals surface area contributed by atoms with E-state index in [4.69, 9.17) is 0 Å². The predicted molar refractivity (Wildman–Crippen MR) is 52.4 cm³/mol. The summed E-state index contributed by atoms with van der Waals surface area (Å²) in [5.41, 5.74) is 1.68. The molecule has 0 aliphatic carbocycles. The summed E-state index contributed by atoms with van der Waals surface area (Å²) < 4.78 is 0. The molecule has 0 radical (unpaired) electrons. The molecule has 0 aliphatic heterocycles. The quantitative estimate of drug-likeness (QED) is 0.716. The summed E-state index contributed by atoms with van der Waals surface area (Å²) in [7, 11) is 0. The van der Waals surface area contributed by atoms with E-state index in [9.17, 15) is 4.79 Å². The molecular weight excluding hydrogens is 164 g/mol. The number of rotatable bonds is 1. The molecule has 0 amide bonds. The van der Waals surface area contributed by atoms with Crippen LogP contribution in [0.15, 0.2) is 47.5 Å². The Balaban J connectivity index is 0.000000980. The lowest BCUT2D eigenvalue weighted by Crippen LogP contribution is -2.01. The van der Waals surface area contributed by atoms with Gasteiger partial charge in [-0.05, 0) is 18.2 Å². The molecule has 1 N–H and O–H groups in total. The molecule has 3 nitrogen and oxygen atoms in total. The standard InChI is InChI=1S/C10H8N2O.H2/c13-10-5-4-8(7-12-10)9-3-1-2-6-11-9;/h1-7H,(H,12,13);1H/i;1+1. The third-order valence-electron chi connectivity index (χ3n) is 1.74. The summed E-state index contributed by atoms with van der Waals surface area (Å²) in [5, 5.41) is 0. The normalized spacial score (nSPS) is 9.85. The first-order chi connectivity index (χ1) is 6.36. The Kier molecular flexibility index (Phi) is 1.92. The Morgan fingerprint density at radius 3 is 2.77 bits per heavy atom. The van der Waals surface area contributed by atoms with Crippen molar-refractivity contribution in [1.82, 2.24) is 9.97 Å². The minimum absolute atomic E-state index is 0. The lowest BCUT2D eigenvalue weighted by atomic mass is 10.2. The van der Waals surface area contributed by atoms with Crippen molar-refractivity contribution in [3.63, 3.8) is 0 Å². The van der Waals surface area contributed by atoms with Crippen molar-refractivity contribution in [3.05, 3.63) is 53.1 Å². The fourth-order valence-corrected chi connectivity index (χ4v) is 1.10. The average molecular weight is 175 g/mol. The van der Waals surface area contributed by atoms with E-state index in [1.54, 1.807) is 18.5 Å². The highest BCUT2D eigenvalue weighted by Gasteiger charge is 1.95. The van der Waals surface area contributed by atoms with Crippen molar-refractivity contribution < 1.29 is 1.43 Å². The Morgan fingerprint density at radius 2 is 2.15 bits per heavy atom. The smallest absolute Gasteiger partial charge is 0.247 e. The van der Waals surface area contributed by atoms with Crippen molar-refractivity contribution in [2.24, 2.45) is 0 Å². The van der Waals surface area contributed by atoms with Crippen LogP contribution in [0.1, 0.15) is 1.43 Å². The van der Waals surface area contributed by atoms with E-state index in [0.717, 1.165) is 11.3 Å². The molecule has 0 saturated carbocycles. The first kappa shape index (κ1) is 7.73. The van der Waals surface area contributed by atoms with Gasteiger partial charge in [0.25, 0.3) is 0 Å². The van der Waals surface area contributed by atoms with Gasteiger partial charge in [-0.2, -0.15) is 0 Å². The summed E-state index contributed by atoms with van der Waals surface area (Å²) in [6, 6.07) is 8.90. The third kappa shape index (κ3) is 1.64. The van der Waals surface area contributed by atoms with Crippen molar-refractivity contribution in [3.8, 4) is 11.3 Å². The molecule has 2 aromatic heterocycles. The van der Waals surface area contributed by atoms with Crippen LogP contribution in [0, 0.1) is 0 Å². The maximum absolute atomic E-state index is 10.8. The fraction of sp³-hybridized carbons (Fsp3) is 0. The number of hydrogen-bond acceptors (Lipinski definition) is 2. The Labute approximate surface area is 76.6 Å². The minimum Gasteiger partial charge on any atom is -0.328 e. The summed E-state index contributed by atoms with van der Waals surface area (Å²) in [4.78, 5) is 17.5. The second-order valence-corrected chi connectivity index (χ2v) is 2.66. The van der Waals surface area contributed by atoms with Gasteiger partial charge in [-0.1, -0.05) is 6.07 Å². The summed E-state index contributed by atoms with van der Waals surface area (Å²) in [6.07, 6.45) is 3.38. The van der Waals surface area contributed by atoms with Gasteiger partial charge in [0.15, 0.2) is 0 Å². The number of H-pyrrole nitrogens is 1. The molecular formula is C10H10N2O. The molecule has 0 aliphatic rings. The number of nitrogens with one attached hydrogen (secondary N) is 1. The molecule has 0 bridgehead atoms. The van der Waals surface area contributed by atoms with Gasteiger partial charge in [0.1, 0.15) is 0 Å². The highest BCUT2D eigenvalue weighted by atomic mass is 16.1. The topological polar surface area (TPSA) is 45.8 Å². The fourth-order valence-electron chi connectivity index (χ4n) is 1.10. The zero-order chi connectivity index (χ0) is 9.10. The van der Waals surface area contributed by atoms with E-state index >= 15 is 0 Å². The van der Waals surface area contributed by atoms with E-state index < -0.39 is 0 Å². The lowest BCUT2D eigenvalue weighted by molar-refractivity contribution is 1.22. The number of aromatic amines is 1. The Bertz CT molecular complexity index is 433. The molecule has 0 aromatic carbocycles. The molecule has 13 heavy (non-hydrogen) atoms. The SMILES string of the molecule is O=c1ccc(-c2ccccn2)c[nH]1.[2HH]. The van der Waals surface area contributed by atoms with Gasteiger partial charge in [0, 0.05) is 25.5 Å². The van der Waals surface area contributed by atoms with E-state index in [-0.39, 0.29) is 6.99 Å². The Morgan fingerprint density at radius 1 is 1.23 bits per heavy atom. The van der Waals surface area contributed by atoms with Crippen LogP contribution in [0.25, 0.3) is 11.3 Å². The van der Waals surface area contributed by atoms with Gasteiger partial charge in [-0.25, -0.2) is 0 Å². The number of pyridine rings is 2. The average Bonchev–Trinajstić information content (AvgIpc) is 2.20. The van der Waals surface area contributed by atoms with Crippen LogP contribution in [0.4, 0.5) is 0 Å². The highest BCUT2D eigenvalue weighted by Crippen LogP contribution is 2.12. The highest BCUT2D eigenvalue weighted by molar-refractivity contribution is 5.56. The predicted octanol–water partition coefficient (Wildman–Crippen LogP) is 1.68. The maximum atomic E-state index is 10.8. The van der Waals surface area contributed by atoms with Crippen LogP contribution in [0.2, 0.25) is 0 Å². The van der Waals surface area contributed by atoms with Gasteiger partial charge >= 0.3 is 0 Å². The molecule has 0 atom stereocenters. The molecule has 0 fully saturated rings. The first-order valence-corrected chi connectivity index (χ1v) is 3.96. The number of hydrogen-bond donors (Lipinski definition) is 1. The van der Waals surface area contributed by atoms with Crippen molar-refractivity contribution >= 4 is 0 Å². The molecule has 0 unspecified atom stereocenters. The molecule has 2 heterocycles. The van der Waals surface area contributed by atoms with E-state index in [0.29, 0.717) is 0 Å². The van der Waals surface area contributed by atoms with Crippen LogP contribution >= 0.6 is 0 Å². The summed E-state index contributed by atoms with van der Waals surface area (Å²) in [5.74, 6) is 0. The summed E-state index contributed by atoms with van der Waals surface area (Å²) >= 11 is 0.